The average Bonchev–Trinajstić information content (AvgIpc) is 2.76. The van der Waals surface area contributed by atoms with E-state index in [1.165, 1.54) is 25.3 Å². The van der Waals surface area contributed by atoms with Crippen LogP contribution in [0, 0.1) is 23.1 Å². The minimum Gasteiger partial charge on any atom is -0.481 e. The predicted molar refractivity (Wildman–Crippen MR) is 130 cm³/mol. The molecule has 1 N–H and O–H groups in total. The molecular formula is C28H41F4NO2. The van der Waals surface area contributed by atoms with Crippen LogP contribution in [0.3, 0.4) is 0 Å². The van der Waals surface area contributed by atoms with Gasteiger partial charge in [0.25, 0.3) is 0 Å². The average molecular weight is 500 g/mol. The van der Waals surface area contributed by atoms with Crippen LogP contribution in [0.4, 0.5) is 17.6 Å². The molecule has 35 heavy (non-hydrogen) atoms. The van der Waals surface area contributed by atoms with Crippen LogP contribution >= 0.6 is 0 Å². The van der Waals surface area contributed by atoms with Crippen LogP contribution < -0.4 is 0 Å². The second-order valence-corrected chi connectivity index (χ2v) is 11.9. The van der Waals surface area contributed by atoms with Crippen molar-refractivity contribution in [3.05, 3.63) is 35.1 Å². The largest absolute Gasteiger partial charge is 0.481 e. The fraction of sp³-hybridized carbons (Fsp3) is 0.750. The molecular weight excluding hydrogens is 458 g/mol. The molecule has 2 fully saturated rings. The summed E-state index contributed by atoms with van der Waals surface area (Å²) in [5.74, 6) is -2.31. The molecule has 0 radical (unpaired) electrons. The monoisotopic (exact) mass is 499 g/mol. The van der Waals surface area contributed by atoms with Crippen LogP contribution in [0.1, 0.15) is 102 Å². The Morgan fingerprint density at radius 2 is 1.71 bits per heavy atom. The third kappa shape index (κ3) is 7.93. The number of hydrogen-bond acceptors (Lipinski definition) is 2. The number of benzene rings is 1. The number of hydrogen-bond donors (Lipinski definition) is 1. The summed E-state index contributed by atoms with van der Waals surface area (Å²) < 4.78 is 54.9. The molecule has 1 aromatic carbocycles. The number of carboxylic acid groups (broad SMARTS) is 1. The zero-order valence-electron chi connectivity index (χ0n) is 21.3. The van der Waals surface area contributed by atoms with Crippen LogP contribution in [0.15, 0.2) is 18.2 Å². The lowest BCUT2D eigenvalue weighted by Gasteiger charge is -2.46. The molecule has 0 amide bonds. The van der Waals surface area contributed by atoms with Crippen LogP contribution in [0.5, 0.6) is 0 Å². The van der Waals surface area contributed by atoms with E-state index in [2.05, 4.69) is 25.7 Å². The van der Waals surface area contributed by atoms with Gasteiger partial charge in [0.1, 0.15) is 5.82 Å². The molecule has 2 aliphatic rings. The zero-order chi connectivity index (χ0) is 25.8. The van der Waals surface area contributed by atoms with E-state index in [1.54, 1.807) is 0 Å². The van der Waals surface area contributed by atoms with Crippen molar-refractivity contribution in [2.24, 2.45) is 17.3 Å². The summed E-state index contributed by atoms with van der Waals surface area (Å²) >= 11 is 0. The highest BCUT2D eigenvalue weighted by atomic mass is 19.4. The molecule has 3 atom stereocenters. The van der Waals surface area contributed by atoms with E-state index in [1.807, 2.05) is 0 Å². The van der Waals surface area contributed by atoms with E-state index in [-0.39, 0.29) is 29.7 Å². The van der Waals surface area contributed by atoms with Crippen LogP contribution in [-0.2, 0) is 11.0 Å². The summed E-state index contributed by atoms with van der Waals surface area (Å²) in [4.78, 5) is 14.2. The first kappa shape index (κ1) is 27.9. The van der Waals surface area contributed by atoms with Gasteiger partial charge in [-0.2, -0.15) is 13.2 Å². The van der Waals surface area contributed by atoms with E-state index >= 15 is 0 Å². The van der Waals surface area contributed by atoms with Gasteiger partial charge >= 0.3 is 12.1 Å². The van der Waals surface area contributed by atoms with Crippen molar-refractivity contribution >= 4 is 5.97 Å². The van der Waals surface area contributed by atoms with Crippen molar-refractivity contribution in [2.45, 2.75) is 103 Å². The third-order valence-electron chi connectivity index (χ3n) is 7.95. The number of carbonyl (C=O) groups is 1. The van der Waals surface area contributed by atoms with Gasteiger partial charge in [0.05, 0.1) is 5.56 Å². The minimum absolute atomic E-state index is 0.0519. The lowest BCUT2D eigenvalue weighted by molar-refractivity contribution is -0.141. The number of carboxylic acids is 1. The molecule has 0 aliphatic heterocycles. The molecule has 1 aromatic rings. The van der Waals surface area contributed by atoms with Gasteiger partial charge in [0.15, 0.2) is 0 Å². The molecule has 7 heteroatoms. The second kappa shape index (κ2) is 11.6. The maximum absolute atomic E-state index is 14.1. The van der Waals surface area contributed by atoms with E-state index in [4.69, 9.17) is 0 Å². The molecule has 2 saturated carbocycles. The molecule has 3 unspecified atom stereocenters. The first-order valence-electron chi connectivity index (χ1n) is 13.2. The predicted octanol–water partition coefficient (Wildman–Crippen LogP) is 7.89. The number of nitrogens with zero attached hydrogens (tertiary/aromatic N) is 1. The third-order valence-corrected chi connectivity index (χ3v) is 7.95. The number of aliphatic carboxylic acids is 1. The number of halogens is 4. The Labute approximate surface area is 207 Å². The summed E-state index contributed by atoms with van der Waals surface area (Å²) in [7, 11) is 0. The molecule has 0 spiro atoms. The van der Waals surface area contributed by atoms with Crippen molar-refractivity contribution in [1.29, 1.82) is 0 Å². The van der Waals surface area contributed by atoms with Crippen molar-refractivity contribution in [1.82, 2.24) is 4.90 Å². The Kier molecular flexibility index (Phi) is 9.27. The molecule has 3 rings (SSSR count). The van der Waals surface area contributed by atoms with Crippen molar-refractivity contribution < 1.29 is 27.5 Å². The summed E-state index contributed by atoms with van der Waals surface area (Å²) in [5, 5.41) is 9.60. The van der Waals surface area contributed by atoms with Crippen molar-refractivity contribution in [3.63, 3.8) is 0 Å². The Balaban J connectivity index is 2.00. The maximum Gasteiger partial charge on any atom is 0.419 e. The van der Waals surface area contributed by atoms with Gasteiger partial charge in [-0.25, -0.2) is 4.39 Å². The van der Waals surface area contributed by atoms with Crippen LogP contribution in [-0.4, -0.2) is 35.1 Å². The van der Waals surface area contributed by atoms with Gasteiger partial charge in [-0.05, 0) is 73.6 Å². The molecule has 0 bridgehead atoms. The first-order valence-corrected chi connectivity index (χ1v) is 13.2. The highest BCUT2D eigenvalue weighted by molar-refractivity contribution is 5.67. The molecule has 0 saturated heterocycles. The lowest BCUT2D eigenvalue weighted by atomic mass is 9.69. The van der Waals surface area contributed by atoms with Gasteiger partial charge in [-0.15, -0.1) is 0 Å². The van der Waals surface area contributed by atoms with Gasteiger partial charge in [-0.1, -0.05) is 52.5 Å². The second-order valence-electron chi connectivity index (χ2n) is 11.9. The fourth-order valence-electron chi connectivity index (χ4n) is 6.16. The Morgan fingerprint density at radius 1 is 1.03 bits per heavy atom. The van der Waals surface area contributed by atoms with Gasteiger partial charge in [0, 0.05) is 24.9 Å². The number of rotatable bonds is 8. The number of alkyl halides is 3. The Bertz CT molecular complexity index is 842. The van der Waals surface area contributed by atoms with E-state index in [9.17, 15) is 27.5 Å². The normalized spacial score (nSPS) is 24.6. The van der Waals surface area contributed by atoms with Crippen LogP contribution in [0.2, 0.25) is 0 Å². The van der Waals surface area contributed by atoms with E-state index < -0.39 is 23.5 Å². The van der Waals surface area contributed by atoms with Crippen molar-refractivity contribution in [2.75, 3.05) is 13.1 Å². The SMILES string of the molecule is CC(C)(C)CCN(CC1CCCCC1)C1CCCC(CC(=O)O)C1c1ccc(F)c(C(F)(F)F)c1. The standard InChI is InChI=1S/C28H41F4NO2/c1-27(2,3)14-15-33(18-19-8-5-4-6-9-19)24-11-7-10-20(17-25(34)35)26(24)21-12-13-23(29)22(16-21)28(30,31)32/h12-13,16,19-20,24,26H,4-11,14-15,17-18H2,1-3H3,(H,34,35). The maximum atomic E-state index is 14.1. The van der Waals surface area contributed by atoms with Gasteiger partial charge in [0.2, 0.25) is 0 Å². The molecule has 2 aliphatic carbocycles. The summed E-state index contributed by atoms with van der Waals surface area (Å²) in [6.07, 6.45) is 4.39. The van der Waals surface area contributed by atoms with Gasteiger partial charge in [-0.3, -0.25) is 9.69 Å². The highest BCUT2D eigenvalue weighted by Crippen LogP contribution is 2.45. The van der Waals surface area contributed by atoms with Crippen LogP contribution in [0.25, 0.3) is 0 Å². The van der Waals surface area contributed by atoms with Gasteiger partial charge < -0.3 is 5.11 Å². The quantitative estimate of drug-likeness (QED) is 0.370. The van der Waals surface area contributed by atoms with E-state index in [0.29, 0.717) is 17.9 Å². The minimum atomic E-state index is -4.79. The smallest absolute Gasteiger partial charge is 0.419 e. The zero-order valence-corrected chi connectivity index (χ0v) is 21.3. The first-order chi connectivity index (χ1) is 16.3. The molecule has 0 aromatic heterocycles. The molecule has 3 nitrogen and oxygen atoms in total. The Hall–Kier alpha value is -1.63. The lowest BCUT2D eigenvalue weighted by Crippen LogP contribution is -2.48. The Morgan fingerprint density at radius 3 is 2.31 bits per heavy atom. The fourth-order valence-corrected chi connectivity index (χ4v) is 6.16. The highest BCUT2D eigenvalue weighted by Gasteiger charge is 2.41. The molecule has 198 valence electrons. The summed E-state index contributed by atoms with van der Waals surface area (Å²) in [6.45, 7) is 8.28. The van der Waals surface area contributed by atoms with E-state index in [0.717, 1.165) is 57.3 Å². The topological polar surface area (TPSA) is 40.5 Å². The van der Waals surface area contributed by atoms with Crippen molar-refractivity contribution in [3.8, 4) is 0 Å². The summed E-state index contributed by atoms with van der Waals surface area (Å²) in [5.41, 5.74) is -0.740. The molecule has 0 heterocycles. The summed E-state index contributed by atoms with van der Waals surface area (Å²) in [6, 6.07) is 3.24.